The molecule has 0 atom stereocenters. The van der Waals surface area contributed by atoms with E-state index in [1.54, 1.807) is 12.3 Å². The van der Waals surface area contributed by atoms with Crippen LogP contribution in [0.1, 0.15) is 17.5 Å². The van der Waals surface area contributed by atoms with Crippen molar-refractivity contribution in [2.45, 2.75) is 13.3 Å². The van der Waals surface area contributed by atoms with Crippen LogP contribution in [0.25, 0.3) is 17.0 Å². The zero-order valence-electron chi connectivity index (χ0n) is 15.4. The first-order chi connectivity index (χ1) is 13.4. The Bertz CT molecular complexity index is 1100. The SMILES string of the molecule is Cc1ccc(C=CS(=O)(=O)NCCC(=O)Nc2cccc3cccnc23)cc1. The minimum Gasteiger partial charge on any atom is -0.324 e. The van der Waals surface area contributed by atoms with Crippen molar-refractivity contribution in [2.24, 2.45) is 0 Å². The van der Waals surface area contributed by atoms with Crippen LogP contribution in [0.5, 0.6) is 0 Å². The van der Waals surface area contributed by atoms with Gasteiger partial charge in [0.2, 0.25) is 15.9 Å². The van der Waals surface area contributed by atoms with Crippen molar-refractivity contribution in [1.29, 1.82) is 0 Å². The first-order valence-corrected chi connectivity index (χ1v) is 10.4. The van der Waals surface area contributed by atoms with Crippen molar-refractivity contribution in [3.63, 3.8) is 0 Å². The van der Waals surface area contributed by atoms with Gasteiger partial charge in [-0.2, -0.15) is 0 Å². The van der Waals surface area contributed by atoms with E-state index in [1.165, 1.54) is 6.08 Å². The van der Waals surface area contributed by atoms with E-state index in [9.17, 15) is 13.2 Å². The highest BCUT2D eigenvalue weighted by molar-refractivity contribution is 7.92. The van der Waals surface area contributed by atoms with Gasteiger partial charge in [0.15, 0.2) is 0 Å². The lowest BCUT2D eigenvalue weighted by molar-refractivity contribution is -0.116. The third-order valence-corrected chi connectivity index (χ3v) is 5.18. The Hall–Kier alpha value is -3.03. The average Bonchev–Trinajstić information content (AvgIpc) is 2.68. The van der Waals surface area contributed by atoms with Gasteiger partial charge in [0.25, 0.3) is 0 Å². The number of aryl methyl sites for hydroxylation is 1. The molecule has 3 aromatic rings. The Balaban J connectivity index is 1.53. The highest BCUT2D eigenvalue weighted by Crippen LogP contribution is 2.20. The minimum absolute atomic E-state index is 0.00456. The summed E-state index contributed by atoms with van der Waals surface area (Å²) in [7, 11) is -3.62. The molecule has 0 fully saturated rings. The number of nitrogens with one attached hydrogen (secondary N) is 2. The van der Waals surface area contributed by atoms with E-state index in [0.29, 0.717) is 11.2 Å². The molecular formula is C21H21N3O3S. The van der Waals surface area contributed by atoms with Crippen molar-refractivity contribution in [2.75, 3.05) is 11.9 Å². The lowest BCUT2D eigenvalue weighted by atomic mass is 10.2. The number of carbonyl (C=O) groups excluding carboxylic acids is 1. The third kappa shape index (κ3) is 5.48. The van der Waals surface area contributed by atoms with Gasteiger partial charge in [-0.1, -0.05) is 48.0 Å². The zero-order valence-corrected chi connectivity index (χ0v) is 16.2. The number of rotatable bonds is 7. The largest absolute Gasteiger partial charge is 0.324 e. The highest BCUT2D eigenvalue weighted by Gasteiger charge is 2.09. The summed E-state index contributed by atoms with van der Waals surface area (Å²) in [5.41, 5.74) is 3.19. The lowest BCUT2D eigenvalue weighted by Crippen LogP contribution is -2.26. The number of hydrogen-bond acceptors (Lipinski definition) is 4. The van der Waals surface area contributed by atoms with E-state index in [4.69, 9.17) is 0 Å². The molecule has 144 valence electrons. The molecule has 0 aliphatic carbocycles. The molecule has 1 aromatic heterocycles. The second-order valence-electron chi connectivity index (χ2n) is 6.33. The van der Waals surface area contributed by atoms with Crippen LogP contribution in [0.15, 0.2) is 66.2 Å². The van der Waals surface area contributed by atoms with Gasteiger partial charge in [-0.15, -0.1) is 0 Å². The molecule has 2 aromatic carbocycles. The number of anilines is 1. The van der Waals surface area contributed by atoms with Gasteiger partial charge in [-0.05, 0) is 30.7 Å². The van der Waals surface area contributed by atoms with Crippen LogP contribution in [0.3, 0.4) is 0 Å². The molecule has 0 radical (unpaired) electrons. The molecule has 0 saturated heterocycles. The molecule has 1 amide bonds. The van der Waals surface area contributed by atoms with Crippen molar-refractivity contribution in [1.82, 2.24) is 9.71 Å². The van der Waals surface area contributed by atoms with E-state index in [0.717, 1.165) is 21.9 Å². The summed E-state index contributed by atoms with van der Waals surface area (Å²) in [6.07, 6.45) is 3.19. The number of amides is 1. The fourth-order valence-corrected chi connectivity index (χ4v) is 3.44. The fourth-order valence-electron chi connectivity index (χ4n) is 2.62. The Kier molecular flexibility index (Phi) is 6.18. The van der Waals surface area contributed by atoms with E-state index in [-0.39, 0.29) is 18.9 Å². The maximum absolute atomic E-state index is 12.2. The second kappa shape index (κ2) is 8.77. The van der Waals surface area contributed by atoms with Gasteiger partial charge >= 0.3 is 0 Å². The van der Waals surface area contributed by atoms with Crippen molar-refractivity contribution in [3.8, 4) is 0 Å². The number of hydrogen-bond donors (Lipinski definition) is 2. The number of pyridine rings is 1. The van der Waals surface area contributed by atoms with Crippen LogP contribution in [-0.2, 0) is 14.8 Å². The topological polar surface area (TPSA) is 88.2 Å². The number of sulfonamides is 1. The molecule has 0 aliphatic heterocycles. The molecule has 2 N–H and O–H groups in total. The van der Waals surface area contributed by atoms with Crippen LogP contribution in [0, 0.1) is 6.92 Å². The molecule has 28 heavy (non-hydrogen) atoms. The molecule has 0 spiro atoms. The molecule has 0 unspecified atom stereocenters. The predicted molar refractivity (Wildman–Crippen MR) is 112 cm³/mol. The standard InChI is InChI=1S/C21H21N3O3S/c1-16-7-9-17(10-8-16)12-15-28(26,27)23-14-11-20(25)24-19-6-2-4-18-5-3-13-22-21(18)19/h2-10,12-13,15,23H,11,14H2,1H3,(H,24,25). The summed E-state index contributed by atoms with van der Waals surface area (Å²) < 4.78 is 26.5. The second-order valence-corrected chi connectivity index (χ2v) is 7.98. The number of fused-ring (bicyclic) bond motifs is 1. The van der Waals surface area contributed by atoms with Gasteiger partial charge in [0, 0.05) is 30.0 Å². The third-order valence-electron chi connectivity index (χ3n) is 4.08. The summed E-state index contributed by atoms with van der Waals surface area (Å²) in [5.74, 6) is -0.289. The van der Waals surface area contributed by atoms with E-state index >= 15 is 0 Å². The van der Waals surface area contributed by atoms with Gasteiger partial charge in [-0.3, -0.25) is 9.78 Å². The zero-order chi connectivity index (χ0) is 20.0. The monoisotopic (exact) mass is 395 g/mol. The van der Waals surface area contributed by atoms with E-state index in [2.05, 4.69) is 15.0 Å². The number of para-hydroxylation sites is 1. The lowest BCUT2D eigenvalue weighted by Gasteiger charge is -2.08. The maximum Gasteiger partial charge on any atom is 0.233 e. The molecule has 7 heteroatoms. The average molecular weight is 395 g/mol. The summed E-state index contributed by atoms with van der Waals surface area (Å²) >= 11 is 0. The number of aromatic nitrogens is 1. The van der Waals surface area contributed by atoms with E-state index < -0.39 is 10.0 Å². The van der Waals surface area contributed by atoms with E-state index in [1.807, 2.05) is 55.5 Å². The molecule has 1 heterocycles. The highest BCUT2D eigenvalue weighted by atomic mass is 32.2. The van der Waals surface area contributed by atoms with Crippen LogP contribution in [0.4, 0.5) is 5.69 Å². The number of benzene rings is 2. The normalized spacial score (nSPS) is 11.8. The predicted octanol–water partition coefficient (Wildman–Crippen LogP) is 3.46. The van der Waals surface area contributed by atoms with Gasteiger partial charge in [0.1, 0.15) is 0 Å². The Morgan fingerprint density at radius 3 is 2.61 bits per heavy atom. The molecule has 0 saturated carbocycles. The minimum atomic E-state index is -3.62. The van der Waals surface area contributed by atoms with Crippen LogP contribution < -0.4 is 10.0 Å². The Morgan fingerprint density at radius 2 is 1.82 bits per heavy atom. The maximum atomic E-state index is 12.2. The van der Waals surface area contributed by atoms with Crippen molar-refractivity contribution in [3.05, 3.63) is 77.3 Å². The fraction of sp³-hybridized carbons (Fsp3) is 0.143. The van der Waals surface area contributed by atoms with Gasteiger partial charge in [-0.25, -0.2) is 13.1 Å². The quantitative estimate of drug-likeness (QED) is 0.641. The Labute approximate surface area is 164 Å². The molecule has 6 nitrogen and oxygen atoms in total. The number of nitrogens with zero attached hydrogens (tertiary/aromatic N) is 1. The van der Waals surface area contributed by atoms with Crippen LogP contribution in [-0.4, -0.2) is 25.9 Å². The summed E-state index contributed by atoms with van der Waals surface area (Å²) in [6, 6.07) is 16.7. The molecule has 0 bridgehead atoms. The van der Waals surface area contributed by atoms with Crippen LogP contribution in [0.2, 0.25) is 0 Å². The van der Waals surface area contributed by atoms with Crippen molar-refractivity contribution < 1.29 is 13.2 Å². The number of carbonyl (C=O) groups is 1. The first kappa shape index (κ1) is 19.7. The summed E-state index contributed by atoms with van der Waals surface area (Å²) in [4.78, 5) is 16.4. The summed E-state index contributed by atoms with van der Waals surface area (Å²) in [5, 5.41) is 4.80. The van der Waals surface area contributed by atoms with Crippen molar-refractivity contribution >= 4 is 38.6 Å². The Morgan fingerprint density at radius 1 is 1.07 bits per heavy atom. The molecule has 0 aliphatic rings. The van der Waals surface area contributed by atoms with Gasteiger partial charge in [0.05, 0.1) is 11.2 Å². The van der Waals surface area contributed by atoms with Gasteiger partial charge < -0.3 is 5.32 Å². The smallest absolute Gasteiger partial charge is 0.233 e. The first-order valence-electron chi connectivity index (χ1n) is 8.81. The van der Waals surface area contributed by atoms with Crippen LogP contribution >= 0.6 is 0 Å². The molecular weight excluding hydrogens is 374 g/mol. The molecule has 3 rings (SSSR count). The summed E-state index contributed by atoms with van der Waals surface area (Å²) in [6.45, 7) is 1.97.